The molecule has 0 spiro atoms. The van der Waals surface area contributed by atoms with Crippen molar-refractivity contribution in [1.82, 2.24) is 14.8 Å². The van der Waals surface area contributed by atoms with Gasteiger partial charge in [0, 0.05) is 30.6 Å². The van der Waals surface area contributed by atoms with Crippen LogP contribution in [0, 0.1) is 0 Å². The zero-order valence-corrected chi connectivity index (χ0v) is 18.2. The predicted octanol–water partition coefficient (Wildman–Crippen LogP) is 3.96. The van der Waals surface area contributed by atoms with Crippen LogP contribution in [-0.4, -0.2) is 61.6 Å². The Morgan fingerprint density at radius 2 is 1.83 bits per heavy atom. The van der Waals surface area contributed by atoms with Crippen LogP contribution in [0.1, 0.15) is 22.1 Å². The number of rotatable bonds is 5. The number of amides is 1. The number of aromatic nitrogens is 1. The number of hydrogen-bond acceptors (Lipinski definition) is 6. The van der Waals surface area contributed by atoms with E-state index in [2.05, 4.69) is 29.1 Å². The molecule has 1 aliphatic rings. The first-order valence-electron chi connectivity index (χ1n) is 9.83. The average Bonchev–Trinajstić information content (AvgIpc) is 3.29. The van der Waals surface area contributed by atoms with Gasteiger partial charge in [0.15, 0.2) is 11.5 Å². The number of thiazole rings is 1. The fourth-order valence-corrected chi connectivity index (χ4v) is 4.53. The monoisotopic (exact) mass is 423 g/mol. The van der Waals surface area contributed by atoms with E-state index in [1.165, 1.54) is 11.3 Å². The summed E-state index contributed by atoms with van der Waals surface area (Å²) < 4.78 is 10.7. The highest BCUT2D eigenvalue weighted by Crippen LogP contribution is 2.34. The summed E-state index contributed by atoms with van der Waals surface area (Å²) in [4.78, 5) is 22.2. The van der Waals surface area contributed by atoms with Gasteiger partial charge in [-0.3, -0.25) is 4.79 Å². The Bertz CT molecular complexity index is 1020. The number of hydrogen-bond donors (Lipinski definition) is 0. The van der Waals surface area contributed by atoms with Crippen molar-refractivity contribution in [2.45, 2.75) is 6.04 Å². The molecule has 2 aromatic carbocycles. The van der Waals surface area contributed by atoms with Crippen LogP contribution in [0.4, 0.5) is 0 Å². The fourth-order valence-electron chi connectivity index (χ4n) is 3.74. The molecular weight excluding hydrogens is 398 g/mol. The molecule has 1 saturated heterocycles. The number of methoxy groups -OCH3 is 2. The molecule has 0 unspecified atom stereocenters. The van der Waals surface area contributed by atoms with Crippen LogP contribution in [0.3, 0.4) is 0 Å². The van der Waals surface area contributed by atoms with Gasteiger partial charge in [0.25, 0.3) is 5.91 Å². The van der Waals surface area contributed by atoms with E-state index in [1.54, 1.807) is 14.2 Å². The number of ether oxygens (including phenoxy) is 2. The van der Waals surface area contributed by atoms with Crippen molar-refractivity contribution < 1.29 is 14.3 Å². The third-order valence-electron chi connectivity index (χ3n) is 5.38. The second-order valence-corrected chi connectivity index (χ2v) is 8.15. The molecule has 3 aromatic rings. The number of nitrogens with zero attached hydrogens (tertiary/aromatic N) is 3. The van der Waals surface area contributed by atoms with Crippen LogP contribution in [0.25, 0.3) is 10.6 Å². The Kier molecular flexibility index (Phi) is 6.01. The zero-order valence-electron chi connectivity index (χ0n) is 17.4. The summed E-state index contributed by atoms with van der Waals surface area (Å²) in [5.41, 5.74) is 2.53. The molecule has 1 amide bonds. The van der Waals surface area contributed by atoms with Crippen molar-refractivity contribution in [3.63, 3.8) is 0 Å². The minimum atomic E-state index is -0.0278. The van der Waals surface area contributed by atoms with E-state index < -0.39 is 0 Å². The van der Waals surface area contributed by atoms with Gasteiger partial charge in [-0.1, -0.05) is 30.3 Å². The number of carbonyl (C=O) groups excluding carboxylic acids is 1. The Morgan fingerprint density at radius 3 is 2.57 bits per heavy atom. The van der Waals surface area contributed by atoms with Gasteiger partial charge in [0.2, 0.25) is 0 Å². The molecule has 0 bridgehead atoms. The molecule has 0 saturated carbocycles. The van der Waals surface area contributed by atoms with Gasteiger partial charge in [-0.05, 0) is 30.8 Å². The van der Waals surface area contributed by atoms with Gasteiger partial charge >= 0.3 is 0 Å². The van der Waals surface area contributed by atoms with Crippen LogP contribution in [0.5, 0.6) is 11.5 Å². The van der Waals surface area contributed by atoms with E-state index in [0.29, 0.717) is 23.7 Å². The molecular formula is C23H25N3O3S. The SMILES string of the molecule is COc1ccc(-c2nc(C(=O)N3CCN(C)C[C@H]3c3ccccc3)cs2)cc1OC. The third-order valence-corrected chi connectivity index (χ3v) is 6.27. The first-order valence-corrected chi connectivity index (χ1v) is 10.7. The van der Waals surface area contributed by atoms with Crippen molar-refractivity contribution in [2.75, 3.05) is 40.9 Å². The number of likely N-dealkylation sites (N-methyl/N-ethyl adjacent to an activating group) is 1. The number of carbonyl (C=O) groups is 1. The van der Waals surface area contributed by atoms with Gasteiger partial charge in [0.05, 0.1) is 20.3 Å². The Labute approximate surface area is 180 Å². The maximum Gasteiger partial charge on any atom is 0.273 e. The van der Waals surface area contributed by atoms with Crippen molar-refractivity contribution in [3.05, 3.63) is 65.2 Å². The molecule has 1 fully saturated rings. The van der Waals surface area contributed by atoms with Gasteiger partial charge in [-0.25, -0.2) is 4.98 Å². The first-order chi connectivity index (χ1) is 14.6. The minimum Gasteiger partial charge on any atom is -0.493 e. The summed E-state index contributed by atoms with van der Waals surface area (Å²) in [5.74, 6) is 1.28. The van der Waals surface area contributed by atoms with Crippen LogP contribution in [-0.2, 0) is 0 Å². The molecule has 7 heteroatoms. The van der Waals surface area contributed by atoms with Gasteiger partial charge < -0.3 is 19.3 Å². The Hall–Kier alpha value is -2.90. The van der Waals surface area contributed by atoms with Gasteiger partial charge in [-0.2, -0.15) is 0 Å². The Balaban J connectivity index is 1.60. The molecule has 30 heavy (non-hydrogen) atoms. The van der Waals surface area contributed by atoms with E-state index in [-0.39, 0.29) is 11.9 Å². The molecule has 156 valence electrons. The summed E-state index contributed by atoms with van der Waals surface area (Å²) >= 11 is 1.46. The van der Waals surface area contributed by atoms with Crippen molar-refractivity contribution in [2.24, 2.45) is 0 Å². The molecule has 0 radical (unpaired) electrons. The first kappa shape index (κ1) is 20.4. The third kappa shape index (κ3) is 4.04. The van der Waals surface area contributed by atoms with Crippen LogP contribution in [0.15, 0.2) is 53.9 Å². The number of benzene rings is 2. The summed E-state index contributed by atoms with van der Waals surface area (Å²) in [6.45, 7) is 2.34. The minimum absolute atomic E-state index is 0.0173. The lowest BCUT2D eigenvalue weighted by Crippen LogP contribution is -2.49. The Morgan fingerprint density at radius 1 is 1.07 bits per heavy atom. The topological polar surface area (TPSA) is 54.9 Å². The highest BCUT2D eigenvalue weighted by molar-refractivity contribution is 7.13. The molecule has 0 aliphatic carbocycles. The van der Waals surface area contributed by atoms with Gasteiger partial charge in [-0.15, -0.1) is 11.3 Å². The predicted molar refractivity (Wildman–Crippen MR) is 118 cm³/mol. The van der Waals surface area contributed by atoms with E-state index in [1.807, 2.05) is 46.7 Å². The van der Waals surface area contributed by atoms with E-state index in [9.17, 15) is 4.79 Å². The maximum absolute atomic E-state index is 13.4. The molecule has 4 rings (SSSR count). The second-order valence-electron chi connectivity index (χ2n) is 7.29. The zero-order chi connectivity index (χ0) is 21.1. The summed E-state index contributed by atoms with van der Waals surface area (Å²) in [5, 5.41) is 2.62. The van der Waals surface area contributed by atoms with Crippen molar-refractivity contribution >= 4 is 17.2 Å². The molecule has 6 nitrogen and oxygen atoms in total. The maximum atomic E-state index is 13.4. The molecule has 0 N–H and O–H groups in total. The number of piperazine rings is 1. The van der Waals surface area contributed by atoms with E-state index in [0.717, 1.165) is 29.2 Å². The van der Waals surface area contributed by atoms with E-state index >= 15 is 0 Å². The van der Waals surface area contributed by atoms with Crippen LogP contribution >= 0.6 is 11.3 Å². The fraction of sp³-hybridized carbons (Fsp3) is 0.304. The smallest absolute Gasteiger partial charge is 0.273 e. The molecule has 1 atom stereocenters. The second kappa shape index (κ2) is 8.85. The quantitative estimate of drug-likeness (QED) is 0.622. The summed E-state index contributed by atoms with van der Waals surface area (Å²) in [6, 6.07) is 15.9. The van der Waals surface area contributed by atoms with Crippen molar-refractivity contribution in [1.29, 1.82) is 0 Å². The highest BCUT2D eigenvalue weighted by atomic mass is 32.1. The molecule has 1 aromatic heterocycles. The highest BCUT2D eigenvalue weighted by Gasteiger charge is 2.32. The van der Waals surface area contributed by atoms with Crippen LogP contribution < -0.4 is 9.47 Å². The summed E-state index contributed by atoms with van der Waals surface area (Å²) in [6.07, 6.45) is 0. The molecule has 2 heterocycles. The van der Waals surface area contributed by atoms with Gasteiger partial charge in [0.1, 0.15) is 10.7 Å². The molecule has 1 aliphatic heterocycles. The van der Waals surface area contributed by atoms with Crippen molar-refractivity contribution in [3.8, 4) is 22.1 Å². The lowest BCUT2D eigenvalue weighted by molar-refractivity contribution is 0.0493. The standard InChI is InChI=1S/C23H25N3O3S/c1-25-11-12-26(19(14-25)16-7-5-4-6-8-16)23(27)18-15-30-22(24-18)17-9-10-20(28-2)21(13-17)29-3/h4-10,13,15,19H,11-12,14H2,1-3H3/t19-/m0/s1. The average molecular weight is 424 g/mol. The van der Waals surface area contributed by atoms with E-state index in [4.69, 9.17) is 9.47 Å². The normalized spacial score (nSPS) is 17.0. The lowest BCUT2D eigenvalue weighted by Gasteiger charge is -2.40. The summed E-state index contributed by atoms with van der Waals surface area (Å²) in [7, 11) is 5.31. The van der Waals surface area contributed by atoms with Crippen LogP contribution in [0.2, 0.25) is 0 Å². The largest absolute Gasteiger partial charge is 0.493 e. The lowest BCUT2D eigenvalue weighted by atomic mass is 10.0.